The highest BCUT2D eigenvalue weighted by Crippen LogP contribution is 2.29. The van der Waals surface area contributed by atoms with Gasteiger partial charge in [0.2, 0.25) is 9.84 Å². The second-order valence-electron chi connectivity index (χ2n) is 5.86. The number of carbonyl (C=O) groups is 1. The second kappa shape index (κ2) is 7.49. The average Bonchev–Trinajstić information content (AvgIpc) is 3.29. The van der Waals surface area contributed by atoms with E-state index in [-0.39, 0.29) is 16.5 Å². The van der Waals surface area contributed by atoms with E-state index in [1.807, 2.05) is 19.2 Å². The van der Waals surface area contributed by atoms with Crippen LogP contribution in [0.25, 0.3) is 11.1 Å². The van der Waals surface area contributed by atoms with Crippen molar-refractivity contribution in [1.82, 2.24) is 20.1 Å². The highest BCUT2D eigenvalue weighted by Gasteiger charge is 2.23. The lowest BCUT2D eigenvalue weighted by Crippen LogP contribution is -2.19. The first-order chi connectivity index (χ1) is 12.8. The van der Waals surface area contributed by atoms with Crippen LogP contribution >= 0.6 is 11.3 Å². The molecule has 3 rings (SSSR count). The highest BCUT2D eigenvalue weighted by molar-refractivity contribution is 7.91. The average molecular weight is 406 g/mol. The number of carboxylic acid groups (broad SMARTS) is 1. The predicted octanol–water partition coefficient (Wildman–Crippen LogP) is 2.71. The van der Waals surface area contributed by atoms with Crippen LogP contribution in [0.5, 0.6) is 0 Å². The highest BCUT2D eigenvalue weighted by atomic mass is 32.2. The number of thiazole rings is 1. The number of amides is 1. The maximum absolute atomic E-state index is 13.0. The van der Waals surface area contributed by atoms with Gasteiger partial charge in [0.05, 0.1) is 17.6 Å². The lowest BCUT2D eigenvalue weighted by atomic mass is 10.0. The zero-order chi connectivity index (χ0) is 19.6. The molecule has 0 aliphatic heterocycles. The minimum absolute atomic E-state index is 0.0363. The maximum Gasteiger partial charge on any atom is 0.405 e. The first-order valence-corrected chi connectivity index (χ1v) is 10.4. The molecule has 0 aliphatic carbocycles. The smallest absolute Gasteiger partial charge is 0.405 e. The summed E-state index contributed by atoms with van der Waals surface area (Å²) in [5.41, 5.74) is 2.48. The SMILES string of the molecule is CCc1cc(-c2cnn(C)c2)cc(S(=O)(=O)c2csc(CNC(=O)O)n2)c1. The maximum atomic E-state index is 13.0. The summed E-state index contributed by atoms with van der Waals surface area (Å²) in [7, 11) is -2.02. The van der Waals surface area contributed by atoms with Crippen molar-refractivity contribution in [2.75, 3.05) is 0 Å². The lowest BCUT2D eigenvalue weighted by molar-refractivity contribution is 0.194. The summed E-state index contributed by atoms with van der Waals surface area (Å²) < 4.78 is 27.7. The van der Waals surface area contributed by atoms with Crippen molar-refractivity contribution < 1.29 is 18.3 Å². The lowest BCUT2D eigenvalue weighted by Gasteiger charge is -2.08. The fraction of sp³-hybridized carbons (Fsp3) is 0.235. The number of aryl methyl sites for hydroxylation is 2. The van der Waals surface area contributed by atoms with Crippen molar-refractivity contribution in [3.05, 3.63) is 46.5 Å². The molecule has 8 nitrogen and oxygen atoms in total. The van der Waals surface area contributed by atoms with Crippen molar-refractivity contribution in [2.45, 2.75) is 29.8 Å². The molecule has 1 aromatic carbocycles. The van der Waals surface area contributed by atoms with E-state index in [2.05, 4.69) is 15.4 Å². The molecule has 0 aliphatic rings. The molecule has 0 saturated carbocycles. The summed E-state index contributed by atoms with van der Waals surface area (Å²) in [5.74, 6) is 0. The molecule has 0 radical (unpaired) electrons. The van der Waals surface area contributed by atoms with Gasteiger partial charge in [0.15, 0.2) is 5.03 Å². The molecule has 142 valence electrons. The van der Waals surface area contributed by atoms with Crippen LogP contribution in [0, 0.1) is 0 Å². The fourth-order valence-electron chi connectivity index (χ4n) is 2.53. The van der Waals surface area contributed by atoms with Gasteiger partial charge in [-0.1, -0.05) is 13.0 Å². The van der Waals surface area contributed by atoms with E-state index in [0.29, 0.717) is 11.4 Å². The molecule has 27 heavy (non-hydrogen) atoms. The minimum atomic E-state index is -3.82. The van der Waals surface area contributed by atoms with Crippen molar-refractivity contribution in [3.63, 3.8) is 0 Å². The molecule has 0 saturated heterocycles. The summed E-state index contributed by atoms with van der Waals surface area (Å²) in [6, 6.07) is 5.20. The van der Waals surface area contributed by atoms with E-state index in [4.69, 9.17) is 5.11 Å². The van der Waals surface area contributed by atoms with E-state index in [1.165, 1.54) is 5.38 Å². The number of benzene rings is 1. The quantitative estimate of drug-likeness (QED) is 0.650. The first-order valence-electron chi connectivity index (χ1n) is 8.09. The third-order valence-corrected chi connectivity index (χ3v) is 6.53. The second-order valence-corrected chi connectivity index (χ2v) is 8.70. The molecule has 0 unspecified atom stereocenters. The van der Waals surface area contributed by atoms with E-state index in [0.717, 1.165) is 28.0 Å². The van der Waals surface area contributed by atoms with Gasteiger partial charge in [0.1, 0.15) is 5.01 Å². The van der Waals surface area contributed by atoms with Crippen LogP contribution in [0.3, 0.4) is 0 Å². The summed E-state index contributed by atoms with van der Waals surface area (Å²) >= 11 is 1.10. The third kappa shape index (κ3) is 4.17. The molecular weight excluding hydrogens is 388 g/mol. The van der Waals surface area contributed by atoms with Gasteiger partial charge in [-0.25, -0.2) is 18.2 Å². The van der Waals surface area contributed by atoms with Crippen LogP contribution < -0.4 is 5.32 Å². The summed E-state index contributed by atoms with van der Waals surface area (Å²) in [4.78, 5) is 14.8. The molecule has 0 fully saturated rings. The molecule has 0 spiro atoms. The molecule has 10 heteroatoms. The Bertz CT molecular complexity index is 1090. The van der Waals surface area contributed by atoms with E-state index in [9.17, 15) is 13.2 Å². The van der Waals surface area contributed by atoms with Gasteiger partial charge in [-0.05, 0) is 29.7 Å². The van der Waals surface area contributed by atoms with Crippen LogP contribution in [-0.4, -0.2) is 34.4 Å². The van der Waals surface area contributed by atoms with E-state index < -0.39 is 15.9 Å². The molecule has 2 N–H and O–H groups in total. The standard InChI is InChI=1S/C17H18N4O4S2/c1-3-11-4-12(13-7-19-21(2)9-13)6-14(5-11)27(24,25)16-10-26-15(20-16)8-18-17(22)23/h4-7,9-10,18H,3,8H2,1-2H3,(H,22,23). The minimum Gasteiger partial charge on any atom is -0.465 e. The van der Waals surface area contributed by atoms with Gasteiger partial charge in [0, 0.05) is 24.2 Å². The van der Waals surface area contributed by atoms with Crippen LogP contribution in [-0.2, 0) is 29.9 Å². The first kappa shape index (κ1) is 19.1. The van der Waals surface area contributed by atoms with Crippen LogP contribution in [0.15, 0.2) is 45.9 Å². The van der Waals surface area contributed by atoms with Gasteiger partial charge in [-0.2, -0.15) is 5.10 Å². The molecule has 2 aromatic heterocycles. The topological polar surface area (TPSA) is 114 Å². The van der Waals surface area contributed by atoms with Gasteiger partial charge in [-0.15, -0.1) is 11.3 Å². The van der Waals surface area contributed by atoms with Crippen LogP contribution in [0.4, 0.5) is 4.79 Å². The van der Waals surface area contributed by atoms with Crippen molar-refractivity contribution in [3.8, 4) is 11.1 Å². The number of nitrogens with one attached hydrogen (secondary N) is 1. The molecule has 3 aromatic rings. The zero-order valence-corrected chi connectivity index (χ0v) is 16.3. The number of sulfone groups is 1. The van der Waals surface area contributed by atoms with E-state index >= 15 is 0 Å². The monoisotopic (exact) mass is 406 g/mol. The predicted molar refractivity (Wildman–Crippen MR) is 100 cm³/mol. The van der Waals surface area contributed by atoms with E-state index in [1.54, 1.807) is 30.1 Å². The number of aromatic nitrogens is 3. The van der Waals surface area contributed by atoms with Crippen LogP contribution in [0.2, 0.25) is 0 Å². The molecular formula is C17H18N4O4S2. The fourth-order valence-corrected chi connectivity index (χ4v) is 4.89. The normalized spacial score (nSPS) is 11.5. The zero-order valence-electron chi connectivity index (χ0n) is 14.7. The largest absolute Gasteiger partial charge is 0.465 e. The Morgan fingerprint density at radius 3 is 2.70 bits per heavy atom. The van der Waals surface area contributed by atoms with Crippen molar-refractivity contribution >= 4 is 27.3 Å². The molecule has 1 amide bonds. The number of nitrogens with zero attached hydrogens (tertiary/aromatic N) is 3. The van der Waals surface area contributed by atoms with Gasteiger partial charge >= 0.3 is 6.09 Å². The number of hydrogen-bond donors (Lipinski definition) is 2. The van der Waals surface area contributed by atoms with Gasteiger partial charge in [-0.3, -0.25) is 4.68 Å². The molecule has 0 atom stereocenters. The Labute approximate surface area is 160 Å². The number of hydrogen-bond acceptors (Lipinski definition) is 6. The Balaban J connectivity index is 2.00. The Hall–Kier alpha value is -2.72. The number of rotatable bonds is 6. The molecule has 2 heterocycles. The summed E-state index contributed by atoms with van der Waals surface area (Å²) in [6.45, 7) is 1.92. The van der Waals surface area contributed by atoms with Crippen LogP contribution in [0.1, 0.15) is 17.5 Å². The molecule has 0 bridgehead atoms. The van der Waals surface area contributed by atoms with Gasteiger partial charge in [0.25, 0.3) is 0 Å². The summed E-state index contributed by atoms with van der Waals surface area (Å²) in [5, 5.41) is 16.7. The van der Waals surface area contributed by atoms with Crippen molar-refractivity contribution in [2.24, 2.45) is 7.05 Å². The van der Waals surface area contributed by atoms with Crippen molar-refractivity contribution in [1.29, 1.82) is 0 Å². The Kier molecular flexibility index (Phi) is 5.29. The third-order valence-electron chi connectivity index (χ3n) is 3.92. The Morgan fingerprint density at radius 2 is 2.07 bits per heavy atom. The summed E-state index contributed by atoms with van der Waals surface area (Å²) in [6.07, 6.45) is 3.00. The Morgan fingerprint density at radius 1 is 1.30 bits per heavy atom. The van der Waals surface area contributed by atoms with Gasteiger partial charge < -0.3 is 10.4 Å².